The summed E-state index contributed by atoms with van der Waals surface area (Å²) in [6.45, 7) is 4.23. The van der Waals surface area contributed by atoms with E-state index >= 15 is 0 Å². The van der Waals surface area contributed by atoms with Crippen LogP contribution in [0.15, 0.2) is 12.4 Å². The molecule has 0 saturated heterocycles. The summed E-state index contributed by atoms with van der Waals surface area (Å²) in [5.74, 6) is 0.645. The minimum atomic E-state index is -0.366. The van der Waals surface area contributed by atoms with Gasteiger partial charge in [-0.1, -0.05) is 0 Å². The Hall–Kier alpha value is -1.16. The zero-order chi connectivity index (χ0) is 9.84. The van der Waals surface area contributed by atoms with Crippen molar-refractivity contribution in [1.82, 2.24) is 9.97 Å². The summed E-state index contributed by atoms with van der Waals surface area (Å²) in [4.78, 5) is 10.1. The van der Waals surface area contributed by atoms with Gasteiger partial charge < -0.3 is 10.0 Å². The fourth-order valence-electron chi connectivity index (χ4n) is 1.06. The van der Waals surface area contributed by atoms with Gasteiger partial charge in [-0.15, -0.1) is 0 Å². The highest BCUT2D eigenvalue weighted by atomic mass is 16.3. The monoisotopic (exact) mass is 181 g/mol. The van der Waals surface area contributed by atoms with Crippen LogP contribution in [0.2, 0.25) is 0 Å². The first-order valence-electron chi connectivity index (χ1n) is 4.27. The fourth-order valence-corrected chi connectivity index (χ4v) is 1.06. The molecule has 0 amide bonds. The first-order valence-corrected chi connectivity index (χ1v) is 4.27. The third-order valence-electron chi connectivity index (χ3n) is 1.65. The SMILES string of the molecule is Cc1cnc(N(C)C[C@@H](C)O)nc1. The Morgan fingerprint density at radius 3 is 2.46 bits per heavy atom. The van der Waals surface area contributed by atoms with Crippen molar-refractivity contribution in [3.63, 3.8) is 0 Å². The van der Waals surface area contributed by atoms with Gasteiger partial charge in [0.25, 0.3) is 0 Å². The summed E-state index contributed by atoms with van der Waals surface area (Å²) in [6, 6.07) is 0. The Kier molecular flexibility index (Phi) is 3.19. The maximum absolute atomic E-state index is 9.14. The lowest BCUT2D eigenvalue weighted by Crippen LogP contribution is -2.28. The first kappa shape index (κ1) is 9.92. The highest BCUT2D eigenvalue weighted by Gasteiger charge is 2.05. The Bertz CT molecular complexity index is 258. The van der Waals surface area contributed by atoms with Crippen LogP contribution < -0.4 is 4.90 Å². The van der Waals surface area contributed by atoms with Gasteiger partial charge in [-0.2, -0.15) is 0 Å². The third kappa shape index (κ3) is 2.99. The number of hydrogen-bond acceptors (Lipinski definition) is 4. The molecule has 0 aromatic carbocycles. The van der Waals surface area contributed by atoms with Gasteiger partial charge in [0, 0.05) is 26.0 Å². The molecule has 13 heavy (non-hydrogen) atoms. The van der Waals surface area contributed by atoms with Crippen molar-refractivity contribution < 1.29 is 5.11 Å². The molecule has 4 nitrogen and oxygen atoms in total. The van der Waals surface area contributed by atoms with Crippen LogP contribution >= 0.6 is 0 Å². The average Bonchev–Trinajstić information content (AvgIpc) is 2.04. The number of aliphatic hydroxyl groups is 1. The van der Waals surface area contributed by atoms with Crippen molar-refractivity contribution in [3.05, 3.63) is 18.0 Å². The molecule has 0 spiro atoms. The van der Waals surface area contributed by atoms with Gasteiger partial charge in [-0.3, -0.25) is 0 Å². The Labute approximate surface area is 78.2 Å². The molecule has 0 radical (unpaired) electrons. The maximum Gasteiger partial charge on any atom is 0.225 e. The number of likely N-dealkylation sites (N-methyl/N-ethyl adjacent to an activating group) is 1. The predicted molar refractivity (Wildman–Crippen MR) is 51.7 cm³/mol. The molecular formula is C9H15N3O. The molecule has 0 aliphatic heterocycles. The Morgan fingerprint density at radius 2 is 2.00 bits per heavy atom. The minimum absolute atomic E-state index is 0.366. The summed E-state index contributed by atoms with van der Waals surface area (Å²) < 4.78 is 0. The summed E-state index contributed by atoms with van der Waals surface area (Å²) in [5, 5.41) is 9.14. The molecule has 4 heteroatoms. The van der Waals surface area contributed by atoms with E-state index in [0.717, 1.165) is 5.56 Å². The molecule has 0 aliphatic carbocycles. The molecule has 1 aromatic rings. The van der Waals surface area contributed by atoms with E-state index in [1.807, 2.05) is 18.9 Å². The number of rotatable bonds is 3. The largest absolute Gasteiger partial charge is 0.392 e. The van der Waals surface area contributed by atoms with Crippen LogP contribution in [0.5, 0.6) is 0 Å². The highest BCUT2D eigenvalue weighted by molar-refractivity contribution is 5.28. The number of hydrogen-bond donors (Lipinski definition) is 1. The number of aryl methyl sites for hydroxylation is 1. The molecule has 1 heterocycles. The molecule has 0 unspecified atom stereocenters. The molecule has 0 fully saturated rings. The van der Waals surface area contributed by atoms with Crippen LogP contribution in [-0.4, -0.2) is 34.8 Å². The smallest absolute Gasteiger partial charge is 0.225 e. The van der Waals surface area contributed by atoms with Crippen molar-refractivity contribution in [3.8, 4) is 0 Å². The van der Waals surface area contributed by atoms with Gasteiger partial charge >= 0.3 is 0 Å². The summed E-state index contributed by atoms with van der Waals surface area (Å²) in [7, 11) is 1.86. The van der Waals surface area contributed by atoms with Crippen molar-refractivity contribution in [2.24, 2.45) is 0 Å². The lowest BCUT2D eigenvalue weighted by atomic mass is 10.4. The van der Waals surface area contributed by atoms with Crippen LogP contribution in [0.25, 0.3) is 0 Å². The minimum Gasteiger partial charge on any atom is -0.392 e. The molecule has 1 atom stereocenters. The summed E-state index contributed by atoms with van der Waals surface area (Å²) >= 11 is 0. The van der Waals surface area contributed by atoms with Gasteiger partial charge in [-0.05, 0) is 19.4 Å². The van der Waals surface area contributed by atoms with Crippen LogP contribution in [0.3, 0.4) is 0 Å². The lowest BCUT2D eigenvalue weighted by molar-refractivity contribution is 0.201. The van der Waals surface area contributed by atoms with Gasteiger partial charge in [0.15, 0.2) is 0 Å². The first-order chi connectivity index (χ1) is 6.09. The van der Waals surface area contributed by atoms with Gasteiger partial charge in [0.1, 0.15) is 0 Å². The number of aromatic nitrogens is 2. The van der Waals surface area contributed by atoms with Crippen molar-refractivity contribution in [1.29, 1.82) is 0 Å². The van der Waals surface area contributed by atoms with Crippen LogP contribution in [-0.2, 0) is 0 Å². The fraction of sp³-hybridized carbons (Fsp3) is 0.556. The van der Waals surface area contributed by atoms with E-state index in [-0.39, 0.29) is 6.10 Å². The Balaban J connectivity index is 2.66. The van der Waals surface area contributed by atoms with E-state index in [4.69, 9.17) is 5.11 Å². The predicted octanol–water partition coefficient (Wildman–Crippen LogP) is 0.602. The van der Waals surface area contributed by atoms with E-state index < -0.39 is 0 Å². The van der Waals surface area contributed by atoms with Crippen LogP contribution in [0, 0.1) is 6.92 Å². The number of anilines is 1. The number of nitrogens with zero attached hydrogens (tertiary/aromatic N) is 3. The molecular weight excluding hydrogens is 166 g/mol. The van der Waals surface area contributed by atoms with E-state index in [1.54, 1.807) is 19.3 Å². The second-order valence-electron chi connectivity index (χ2n) is 3.29. The lowest BCUT2D eigenvalue weighted by Gasteiger charge is -2.18. The van der Waals surface area contributed by atoms with E-state index in [9.17, 15) is 0 Å². The summed E-state index contributed by atoms with van der Waals surface area (Å²) in [6.07, 6.45) is 3.16. The van der Waals surface area contributed by atoms with Crippen molar-refractivity contribution >= 4 is 5.95 Å². The standard InChI is InChI=1S/C9H15N3O/c1-7-4-10-9(11-5-7)12(3)6-8(2)13/h4-5,8,13H,6H2,1-3H3/t8-/m1/s1. The summed E-state index contributed by atoms with van der Waals surface area (Å²) in [5.41, 5.74) is 1.04. The highest BCUT2D eigenvalue weighted by Crippen LogP contribution is 2.04. The van der Waals surface area contributed by atoms with E-state index in [2.05, 4.69) is 9.97 Å². The second-order valence-corrected chi connectivity index (χ2v) is 3.29. The molecule has 1 N–H and O–H groups in total. The van der Waals surface area contributed by atoms with Crippen molar-refractivity contribution in [2.45, 2.75) is 20.0 Å². The molecule has 0 aliphatic rings. The van der Waals surface area contributed by atoms with Gasteiger partial charge in [0.05, 0.1) is 6.10 Å². The van der Waals surface area contributed by atoms with Crippen LogP contribution in [0.1, 0.15) is 12.5 Å². The maximum atomic E-state index is 9.14. The molecule has 1 aromatic heterocycles. The topological polar surface area (TPSA) is 49.2 Å². The molecule has 1 rings (SSSR count). The van der Waals surface area contributed by atoms with Crippen molar-refractivity contribution in [2.75, 3.05) is 18.5 Å². The number of aliphatic hydroxyl groups excluding tert-OH is 1. The Morgan fingerprint density at radius 1 is 1.46 bits per heavy atom. The zero-order valence-corrected chi connectivity index (χ0v) is 8.23. The van der Waals surface area contributed by atoms with Crippen LogP contribution in [0.4, 0.5) is 5.95 Å². The van der Waals surface area contributed by atoms with Gasteiger partial charge in [-0.25, -0.2) is 9.97 Å². The molecule has 0 bridgehead atoms. The molecule has 72 valence electrons. The zero-order valence-electron chi connectivity index (χ0n) is 8.23. The normalized spacial score (nSPS) is 12.6. The quantitative estimate of drug-likeness (QED) is 0.742. The second kappa shape index (κ2) is 4.18. The molecule has 0 saturated carbocycles. The van der Waals surface area contributed by atoms with E-state index in [1.165, 1.54) is 0 Å². The average molecular weight is 181 g/mol. The van der Waals surface area contributed by atoms with Gasteiger partial charge in [0.2, 0.25) is 5.95 Å². The van der Waals surface area contributed by atoms with E-state index in [0.29, 0.717) is 12.5 Å². The third-order valence-corrected chi connectivity index (χ3v) is 1.65.